The molecule has 0 bridgehead atoms. The van der Waals surface area contributed by atoms with Gasteiger partial charge in [-0.3, -0.25) is 4.79 Å². The number of ketones is 1. The van der Waals surface area contributed by atoms with Crippen LogP contribution in [0.15, 0.2) is 11.6 Å². The Morgan fingerprint density at radius 1 is 1.53 bits per heavy atom. The van der Waals surface area contributed by atoms with Gasteiger partial charge in [0.15, 0.2) is 0 Å². The van der Waals surface area contributed by atoms with Crippen LogP contribution in [-0.4, -0.2) is 5.78 Å². The summed E-state index contributed by atoms with van der Waals surface area (Å²) in [6.07, 6.45) is 6.64. The first-order chi connectivity index (χ1) is 7.02. The molecule has 0 unspecified atom stereocenters. The summed E-state index contributed by atoms with van der Waals surface area (Å²) < 4.78 is 0. The van der Waals surface area contributed by atoms with Gasteiger partial charge in [0, 0.05) is 12.3 Å². The number of Topliss-reactive ketones (excluding diaryl/α,β-unsaturated/α-hetero) is 1. The van der Waals surface area contributed by atoms with E-state index in [9.17, 15) is 4.79 Å². The third kappa shape index (κ3) is 3.48. The van der Waals surface area contributed by atoms with E-state index in [0.717, 1.165) is 12.8 Å². The van der Waals surface area contributed by atoms with Gasteiger partial charge in [0.2, 0.25) is 0 Å². The molecular formula is C14H24O. The van der Waals surface area contributed by atoms with E-state index in [0.29, 0.717) is 23.5 Å². The molecule has 0 saturated heterocycles. The second-order valence-corrected chi connectivity index (χ2v) is 5.29. The van der Waals surface area contributed by atoms with Gasteiger partial charge in [-0.2, -0.15) is 0 Å². The summed E-state index contributed by atoms with van der Waals surface area (Å²) in [5.74, 6) is 2.13. The lowest BCUT2D eigenvalue weighted by Crippen LogP contribution is -2.17. The summed E-state index contributed by atoms with van der Waals surface area (Å²) in [5.41, 5.74) is 1.40. The SMILES string of the molecule is CC(C)=CCC[C@@H](C)[C@H]1CCC(=O)[C@@H]1C. The van der Waals surface area contributed by atoms with Crippen LogP contribution in [0.4, 0.5) is 0 Å². The Morgan fingerprint density at radius 2 is 2.20 bits per heavy atom. The zero-order valence-electron chi connectivity index (χ0n) is 10.5. The Hall–Kier alpha value is -0.590. The summed E-state index contributed by atoms with van der Waals surface area (Å²) in [6, 6.07) is 0. The molecule has 1 nitrogen and oxygen atoms in total. The second-order valence-electron chi connectivity index (χ2n) is 5.29. The summed E-state index contributed by atoms with van der Waals surface area (Å²) in [4.78, 5) is 11.5. The number of rotatable bonds is 4. The molecule has 1 rings (SSSR count). The van der Waals surface area contributed by atoms with Gasteiger partial charge in [-0.1, -0.05) is 25.5 Å². The molecule has 1 fully saturated rings. The zero-order valence-corrected chi connectivity index (χ0v) is 10.5. The lowest BCUT2D eigenvalue weighted by atomic mass is 9.83. The van der Waals surface area contributed by atoms with Crippen molar-refractivity contribution in [3.05, 3.63) is 11.6 Å². The summed E-state index contributed by atoms with van der Waals surface area (Å²) in [7, 11) is 0. The van der Waals surface area contributed by atoms with Crippen molar-refractivity contribution >= 4 is 5.78 Å². The van der Waals surface area contributed by atoms with E-state index in [4.69, 9.17) is 0 Å². The van der Waals surface area contributed by atoms with Crippen molar-refractivity contribution in [3.8, 4) is 0 Å². The van der Waals surface area contributed by atoms with Crippen LogP contribution in [0.3, 0.4) is 0 Å². The van der Waals surface area contributed by atoms with Crippen LogP contribution in [-0.2, 0) is 4.79 Å². The number of carbonyl (C=O) groups excluding carboxylic acids is 1. The Morgan fingerprint density at radius 3 is 2.67 bits per heavy atom. The molecule has 0 aliphatic heterocycles. The van der Waals surface area contributed by atoms with E-state index in [-0.39, 0.29) is 0 Å². The molecule has 0 radical (unpaired) electrons. The van der Waals surface area contributed by atoms with E-state index in [1.54, 1.807) is 0 Å². The van der Waals surface area contributed by atoms with Crippen molar-refractivity contribution in [2.45, 2.75) is 53.4 Å². The Bertz CT molecular complexity index is 248. The van der Waals surface area contributed by atoms with Crippen molar-refractivity contribution in [1.29, 1.82) is 0 Å². The minimum absolute atomic E-state index is 0.312. The highest BCUT2D eigenvalue weighted by molar-refractivity contribution is 5.83. The van der Waals surface area contributed by atoms with Crippen molar-refractivity contribution in [2.75, 3.05) is 0 Å². The lowest BCUT2D eigenvalue weighted by molar-refractivity contribution is -0.121. The molecule has 0 spiro atoms. The van der Waals surface area contributed by atoms with Crippen LogP contribution >= 0.6 is 0 Å². The summed E-state index contributed by atoms with van der Waals surface area (Å²) in [6.45, 7) is 8.70. The van der Waals surface area contributed by atoms with Gasteiger partial charge in [0.1, 0.15) is 5.78 Å². The number of carbonyl (C=O) groups is 1. The minimum atomic E-state index is 0.312. The van der Waals surface area contributed by atoms with Crippen LogP contribution < -0.4 is 0 Å². The first-order valence-electron chi connectivity index (χ1n) is 6.18. The topological polar surface area (TPSA) is 17.1 Å². The first kappa shape index (κ1) is 12.5. The maximum Gasteiger partial charge on any atom is 0.135 e. The molecule has 86 valence electrons. The maximum absolute atomic E-state index is 11.5. The third-order valence-electron chi connectivity index (χ3n) is 3.78. The lowest BCUT2D eigenvalue weighted by Gasteiger charge is -2.21. The Kier molecular flexibility index (Phi) is 4.56. The van der Waals surface area contributed by atoms with Crippen LogP contribution in [0, 0.1) is 17.8 Å². The number of hydrogen-bond donors (Lipinski definition) is 0. The monoisotopic (exact) mass is 208 g/mol. The van der Waals surface area contributed by atoms with Crippen LogP contribution in [0.5, 0.6) is 0 Å². The largest absolute Gasteiger partial charge is 0.299 e. The van der Waals surface area contributed by atoms with Gasteiger partial charge in [-0.05, 0) is 44.9 Å². The van der Waals surface area contributed by atoms with Gasteiger partial charge in [-0.25, -0.2) is 0 Å². The van der Waals surface area contributed by atoms with Crippen LogP contribution in [0.25, 0.3) is 0 Å². The molecule has 0 aromatic rings. The van der Waals surface area contributed by atoms with Gasteiger partial charge < -0.3 is 0 Å². The molecule has 1 aliphatic carbocycles. The fraction of sp³-hybridized carbons (Fsp3) is 0.786. The predicted molar refractivity (Wildman–Crippen MR) is 64.7 cm³/mol. The second kappa shape index (κ2) is 5.48. The molecule has 0 aromatic carbocycles. The molecule has 3 atom stereocenters. The average molecular weight is 208 g/mol. The molecule has 0 N–H and O–H groups in total. The first-order valence-corrected chi connectivity index (χ1v) is 6.18. The zero-order chi connectivity index (χ0) is 11.4. The van der Waals surface area contributed by atoms with Crippen molar-refractivity contribution in [1.82, 2.24) is 0 Å². The van der Waals surface area contributed by atoms with Crippen molar-refractivity contribution in [2.24, 2.45) is 17.8 Å². The van der Waals surface area contributed by atoms with Gasteiger partial charge >= 0.3 is 0 Å². The Balaban J connectivity index is 2.37. The van der Waals surface area contributed by atoms with E-state index < -0.39 is 0 Å². The quantitative estimate of drug-likeness (QED) is 0.639. The van der Waals surface area contributed by atoms with Crippen molar-refractivity contribution in [3.63, 3.8) is 0 Å². The highest BCUT2D eigenvalue weighted by Crippen LogP contribution is 2.36. The number of allylic oxidation sites excluding steroid dienone is 2. The van der Waals surface area contributed by atoms with Gasteiger partial charge in [0.25, 0.3) is 0 Å². The van der Waals surface area contributed by atoms with E-state index in [2.05, 4.69) is 33.8 Å². The fourth-order valence-corrected chi connectivity index (χ4v) is 2.65. The highest BCUT2D eigenvalue weighted by Gasteiger charge is 2.33. The molecule has 0 amide bonds. The fourth-order valence-electron chi connectivity index (χ4n) is 2.65. The number of hydrogen-bond acceptors (Lipinski definition) is 1. The maximum atomic E-state index is 11.5. The smallest absolute Gasteiger partial charge is 0.135 e. The molecule has 0 heterocycles. The summed E-state index contributed by atoms with van der Waals surface area (Å²) in [5, 5.41) is 0. The third-order valence-corrected chi connectivity index (χ3v) is 3.78. The molecule has 1 aliphatic rings. The van der Waals surface area contributed by atoms with Crippen molar-refractivity contribution < 1.29 is 4.79 Å². The predicted octanol–water partition coefficient (Wildman–Crippen LogP) is 3.98. The van der Waals surface area contributed by atoms with Crippen LogP contribution in [0.1, 0.15) is 53.4 Å². The summed E-state index contributed by atoms with van der Waals surface area (Å²) >= 11 is 0. The molecule has 1 heteroatoms. The molecular weight excluding hydrogens is 184 g/mol. The van der Waals surface area contributed by atoms with Crippen LogP contribution in [0.2, 0.25) is 0 Å². The molecule has 15 heavy (non-hydrogen) atoms. The van der Waals surface area contributed by atoms with Gasteiger partial charge in [0.05, 0.1) is 0 Å². The van der Waals surface area contributed by atoms with E-state index in [1.807, 2.05) is 0 Å². The highest BCUT2D eigenvalue weighted by atomic mass is 16.1. The van der Waals surface area contributed by atoms with E-state index in [1.165, 1.54) is 18.4 Å². The Labute approximate surface area is 93.9 Å². The van der Waals surface area contributed by atoms with E-state index >= 15 is 0 Å². The standard InChI is InChI=1S/C14H24O/c1-10(2)6-5-7-11(3)13-8-9-14(15)12(13)4/h6,11-13H,5,7-9H2,1-4H3/t11-,12-,13-/m1/s1. The molecule has 0 aromatic heterocycles. The normalized spacial score (nSPS) is 27.9. The molecule has 1 saturated carbocycles. The van der Waals surface area contributed by atoms with Gasteiger partial charge in [-0.15, -0.1) is 0 Å². The average Bonchev–Trinajstić information content (AvgIpc) is 2.47. The minimum Gasteiger partial charge on any atom is -0.299 e.